The summed E-state index contributed by atoms with van der Waals surface area (Å²) in [5.74, 6) is -0.103. The molecule has 0 fully saturated rings. The Bertz CT molecular complexity index is 735. The predicted octanol–water partition coefficient (Wildman–Crippen LogP) is 3.98. The van der Waals surface area contributed by atoms with Crippen LogP contribution in [0.4, 0.5) is 0 Å². The first-order chi connectivity index (χ1) is 10.5. The number of rotatable bonds is 5. The summed E-state index contributed by atoms with van der Waals surface area (Å²) < 4.78 is 17.4. The van der Waals surface area contributed by atoms with Crippen LogP contribution in [0.3, 0.4) is 0 Å². The lowest BCUT2D eigenvalue weighted by Crippen LogP contribution is -2.15. The maximum atomic E-state index is 12.9. The number of ketones is 1. The highest BCUT2D eigenvalue weighted by molar-refractivity contribution is 7.48. The lowest BCUT2D eigenvalue weighted by Gasteiger charge is -2.13. The van der Waals surface area contributed by atoms with E-state index in [9.17, 15) is 9.36 Å². The smallest absolute Gasteiger partial charge is 0.221 e. The van der Waals surface area contributed by atoms with Crippen LogP contribution in [0.25, 0.3) is 0 Å². The van der Waals surface area contributed by atoms with Gasteiger partial charge in [-0.15, -0.1) is 0 Å². The Balaban J connectivity index is 2.51. The summed E-state index contributed by atoms with van der Waals surface area (Å²) >= 11 is 0. The molecule has 2 aromatic carbocycles. The lowest BCUT2D eigenvalue weighted by atomic mass is 9.93. The topological polar surface area (TPSA) is 43.4 Å². The number of aryl methyl sites for hydroxylation is 1. The molecule has 0 amide bonds. The van der Waals surface area contributed by atoms with Crippen molar-refractivity contribution in [2.75, 3.05) is 6.61 Å². The molecular formula is C18H21O3P. The second-order valence-electron chi connectivity index (χ2n) is 5.28. The molecule has 0 saturated heterocycles. The van der Waals surface area contributed by atoms with Crippen LogP contribution >= 0.6 is 8.03 Å². The molecule has 1 atom stereocenters. The van der Waals surface area contributed by atoms with E-state index in [0.717, 1.165) is 16.7 Å². The number of hydrogen-bond acceptors (Lipinski definition) is 3. The second kappa shape index (κ2) is 7.04. The molecule has 0 heterocycles. The van der Waals surface area contributed by atoms with Gasteiger partial charge in [-0.25, -0.2) is 0 Å². The number of hydrogen-bond donors (Lipinski definition) is 0. The van der Waals surface area contributed by atoms with E-state index in [2.05, 4.69) is 0 Å². The van der Waals surface area contributed by atoms with Crippen LogP contribution in [0.1, 0.15) is 39.5 Å². The van der Waals surface area contributed by atoms with Gasteiger partial charge < -0.3 is 4.52 Å². The lowest BCUT2D eigenvalue weighted by molar-refractivity contribution is 0.103. The van der Waals surface area contributed by atoms with Gasteiger partial charge in [0.05, 0.1) is 6.61 Å². The summed E-state index contributed by atoms with van der Waals surface area (Å²) in [6.45, 7) is 8.14. The molecule has 116 valence electrons. The standard InChI is InChI=1S/C18H21O3P/c1-5-21-22(20)17-9-7-6-8-16(17)18(19)15-11-10-12(2)13(3)14(15)4/h6-11,22H,5H2,1-4H3. The first-order valence-corrected chi connectivity index (χ1v) is 8.66. The molecule has 0 saturated carbocycles. The van der Waals surface area contributed by atoms with Gasteiger partial charge in [-0.2, -0.15) is 0 Å². The van der Waals surface area contributed by atoms with Crippen LogP contribution in [0.15, 0.2) is 36.4 Å². The third-order valence-corrected chi connectivity index (χ3v) is 5.40. The fourth-order valence-electron chi connectivity index (χ4n) is 2.42. The van der Waals surface area contributed by atoms with Gasteiger partial charge in [0.25, 0.3) is 0 Å². The fraction of sp³-hybridized carbons (Fsp3) is 0.278. The van der Waals surface area contributed by atoms with Gasteiger partial charge in [0.15, 0.2) is 5.78 Å². The van der Waals surface area contributed by atoms with Crippen molar-refractivity contribution in [1.82, 2.24) is 0 Å². The molecule has 22 heavy (non-hydrogen) atoms. The van der Waals surface area contributed by atoms with E-state index in [1.165, 1.54) is 0 Å². The molecule has 2 rings (SSSR count). The van der Waals surface area contributed by atoms with E-state index in [1.54, 1.807) is 31.2 Å². The molecule has 0 N–H and O–H groups in total. The van der Waals surface area contributed by atoms with Crippen molar-refractivity contribution in [2.45, 2.75) is 27.7 Å². The van der Waals surface area contributed by atoms with Gasteiger partial charge in [0.1, 0.15) is 0 Å². The number of benzene rings is 2. The molecule has 0 aliphatic carbocycles. The summed E-state index contributed by atoms with van der Waals surface area (Å²) in [6.07, 6.45) is 0. The predicted molar refractivity (Wildman–Crippen MR) is 90.8 cm³/mol. The Morgan fingerprint density at radius 3 is 2.36 bits per heavy atom. The van der Waals surface area contributed by atoms with Gasteiger partial charge in [-0.05, 0) is 50.5 Å². The second-order valence-corrected chi connectivity index (χ2v) is 6.68. The number of carbonyl (C=O) groups excluding carboxylic acids is 1. The third kappa shape index (κ3) is 3.21. The molecule has 0 aliphatic heterocycles. The van der Waals surface area contributed by atoms with Crippen LogP contribution in [-0.4, -0.2) is 12.4 Å². The minimum absolute atomic E-state index is 0.103. The Labute approximate surface area is 132 Å². The Morgan fingerprint density at radius 1 is 1.00 bits per heavy atom. The highest BCUT2D eigenvalue weighted by Gasteiger charge is 2.19. The maximum absolute atomic E-state index is 12.9. The maximum Gasteiger partial charge on any atom is 0.221 e. The van der Waals surface area contributed by atoms with E-state index in [0.29, 0.717) is 23.0 Å². The molecule has 3 nitrogen and oxygen atoms in total. The zero-order valence-corrected chi connectivity index (χ0v) is 14.4. The number of carbonyl (C=O) groups is 1. The van der Waals surface area contributed by atoms with Crippen molar-refractivity contribution in [3.8, 4) is 0 Å². The van der Waals surface area contributed by atoms with Gasteiger partial charge in [-0.1, -0.05) is 30.3 Å². The molecule has 0 aliphatic rings. The van der Waals surface area contributed by atoms with Crippen molar-refractivity contribution >= 4 is 19.1 Å². The van der Waals surface area contributed by atoms with Crippen LogP contribution in [0.2, 0.25) is 0 Å². The largest absolute Gasteiger partial charge is 0.328 e. The van der Waals surface area contributed by atoms with Crippen molar-refractivity contribution in [2.24, 2.45) is 0 Å². The quantitative estimate of drug-likeness (QED) is 0.619. The van der Waals surface area contributed by atoms with Crippen molar-refractivity contribution in [1.29, 1.82) is 0 Å². The summed E-state index contributed by atoms with van der Waals surface area (Å²) in [4.78, 5) is 12.9. The average molecular weight is 316 g/mol. The zero-order chi connectivity index (χ0) is 16.3. The molecule has 0 aromatic heterocycles. The van der Waals surface area contributed by atoms with Crippen LogP contribution < -0.4 is 5.30 Å². The van der Waals surface area contributed by atoms with Crippen LogP contribution in [0, 0.1) is 20.8 Å². The molecule has 0 radical (unpaired) electrons. The molecule has 2 aromatic rings. The first-order valence-electron chi connectivity index (χ1n) is 7.35. The van der Waals surface area contributed by atoms with E-state index >= 15 is 0 Å². The highest BCUT2D eigenvalue weighted by Crippen LogP contribution is 2.26. The fourth-order valence-corrected chi connectivity index (χ4v) is 3.48. The van der Waals surface area contributed by atoms with Crippen molar-refractivity contribution in [3.05, 3.63) is 64.2 Å². The van der Waals surface area contributed by atoms with E-state index in [-0.39, 0.29) is 5.78 Å². The van der Waals surface area contributed by atoms with Gasteiger partial charge in [-0.3, -0.25) is 9.36 Å². The summed E-state index contributed by atoms with van der Waals surface area (Å²) in [6, 6.07) is 10.8. The molecule has 1 unspecified atom stereocenters. The molecule has 0 spiro atoms. The SMILES string of the molecule is CCO[PH](=O)c1ccccc1C(=O)c1ccc(C)c(C)c1C. The Morgan fingerprint density at radius 2 is 1.68 bits per heavy atom. The Hall–Kier alpha value is -1.70. The summed E-state index contributed by atoms with van der Waals surface area (Å²) in [5.41, 5.74) is 4.36. The minimum atomic E-state index is -2.40. The van der Waals surface area contributed by atoms with E-state index < -0.39 is 8.03 Å². The van der Waals surface area contributed by atoms with E-state index in [4.69, 9.17) is 4.52 Å². The van der Waals surface area contributed by atoms with Crippen LogP contribution in [-0.2, 0) is 9.09 Å². The monoisotopic (exact) mass is 316 g/mol. The van der Waals surface area contributed by atoms with Crippen molar-refractivity contribution < 1.29 is 13.9 Å². The molecule has 4 heteroatoms. The molecular weight excluding hydrogens is 295 g/mol. The Kier molecular flexibility index (Phi) is 5.33. The summed E-state index contributed by atoms with van der Waals surface area (Å²) in [7, 11) is -2.40. The third-order valence-electron chi connectivity index (χ3n) is 3.97. The van der Waals surface area contributed by atoms with Crippen LogP contribution in [0.5, 0.6) is 0 Å². The average Bonchev–Trinajstić information content (AvgIpc) is 2.52. The van der Waals surface area contributed by atoms with E-state index in [1.807, 2.05) is 32.9 Å². The van der Waals surface area contributed by atoms with Gasteiger partial charge in [0.2, 0.25) is 8.03 Å². The summed E-state index contributed by atoms with van der Waals surface area (Å²) in [5, 5.41) is 0.497. The van der Waals surface area contributed by atoms with Gasteiger partial charge >= 0.3 is 0 Å². The highest BCUT2D eigenvalue weighted by atomic mass is 31.1. The van der Waals surface area contributed by atoms with Crippen molar-refractivity contribution in [3.63, 3.8) is 0 Å². The van der Waals surface area contributed by atoms with Gasteiger partial charge in [0, 0.05) is 16.4 Å². The first kappa shape index (κ1) is 16.7. The molecule has 0 bridgehead atoms. The minimum Gasteiger partial charge on any atom is -0.328 e. The normalized spacial score (nSPS) is 12.2. The zero-order valence-electron chi connectivity index (χ0n) is 13.4.